The Kier molecular flexibility index (Phi) is 4.02. The van der Waals surface area contributed by atoms with Crippen molar-refractivity contribution in [3.63, 3.8) is 0 Å². The predicted molar refractivity (Wildman–Crippen MR) is 61.9 cm³/mol. The molecule has 5 heteroatoms. The maximum absolute atomic E-state index is 11.8. The maximum Gasteiger partial charge on any atom is 0.374 e. The fraction of sp³-hybridized carbons (Fsp3) is 0.538. The first-order valence-corrected chi connectivity index (χ1v) is 6.04. The zero-order valence-corrected chi connectivity index (χ0v) is 10.3. The number of furan rings is 1. The van der Waals surface area contributed by atoms with Gasteiger partial charge in [-0.1, -0.05) is 6.42 Å². The van der Waals surface area contributed by atoms with Gasteiger partial charge in [-0.05, 0) is 31.4 Å². The van der Waals surface area contributed by atoms with E-state index in [-0.39, 0.29) is 17.6 Å². The van der Waals surface area contributed by atoms with Gasteiger partial charge in [0.15, 0.2) is 0 Å². The second-order valence-corrected chi connectivity index (χ2v) is 4.34. The lowest BCUT2D eigenvalue weighted by Gasteiger charge is -2.28. The average Bonchev–Trinajstić information content (AvgIpc) is 2.92. The molecule has 1 fully saturated rings. The van der Waals surface area contributed by atoms with E-state index in [2.05, 4.69) is 0 Å². The van der Waals surface area contributed by atoms with Gasteiger partial charge in [-0.3, -0.25) is 4.79 Å². The molecule has 0 bridgehead atoms. The van der Waals surface area contributed by atoms with E-state index in [9.17, 15) is 9.59 Å². The Bertz CT molecular complexity index is 409. The van der Waals surface area contributed by atoms with Crippen LogP contribution < -0.4 is 0 Å². The Morgan fingerprint density at radius 3 is 2.78 bits per heavy atom. The lowest BCUT2D eigenvalue weighted by Crippen LogP contribution is -2.35. The van der Waals surface area contributed by atoms with Crippen molar-refractivity contribution in [2.75, 3.05) is 7.11 Å². The molecule has 5 nitrogen and oxygen atoms in total. The van der Waals surface area contributed by atoms with Gasteiger partial charge in [-0.2, -0.15) is 0 Å². The number of hydrogen-bond acceptors (Lipinski definition) is 5. The van der Waals surface area contributed by atoms with Crippen molar-refractivity contribution in [1.82, 2.24) is 0 Å². The molecule has 0 unspecified atom stereocenters. The first-order chi connectivity index (χ1) is 8.72. The topological polar surface area (TPSA) is 65.7 Å². The van der Waals surface area contributed by atoms with Gasteiger partial charge >= 0.3 is 11.9 Å². The molecule has 0 radical (unpaired) electrons. The Labute approximate surface area is 105 Å². The first-order valence-electron chi connectivity index (χ1n) is 6.04. The maximum atomic E-state index is 11.8. The van der Waals surface area contributed by atoms with Gasteiger partial charge in [0, 0.05) is 0 Å². The van der Waals surface area contributed by atoms with E-state index in [1.54, 1.807) is 6.07 Å². The quantitative estimate of drug-likeness (QED) is 0.771. The summed E-state index contributed by atoms with van der Waals surface area (Å²) in [6.07, 6.45) is 4.28. The summed E-state index contributed by atoms with van der Waals surface area (Å²) in [5, 5.41) is 0. The Balaban J connectivity index is 2.01. The van der Waals surface area contributed by atoms with Crippen molar-refractivity contribution in [3.8, 4) is 0 Å². The summed E-state index contributed by atoms with van der Waals surface area (Å²) in [5.41, 5.74) is 0. The van der Waals surface area contributed by atoms with Crippen molar-refractivity contribution < 1.29 is 23.5 Å². The van der Waals surface area contributed by atoms with E-state index in [0.717, 1.165) is 12.8 Å². The first kappa shape index (κ1) is 12.7. The fourth-order valence-electron chi connectivity index (χ4n) is 2.25. The molecule has 18 heavy (non-hydrogen) atoms. The summed E-state index contributed by atoms with van der Waals surface area (Å²) in [4.78, 5) is 23.4. The predicted octanol–water partition coefficient (Wildman–Crippen LogP) is 2.17. The molecule has 1 aliphatic rings. The third-order valence-electron chi connectivity index (χ3n) is 3.19. The summed E-state index contributed by atoms with van der Waals surface area (Å²) >= 11 is 0. The zero-order chi connectivity index (χ0) is 13.0. The molecule has 1 aliphatic carbocycles. The molecule has 98 valence electrons. The summed E-state index contributed by atoms with van der Waals surface area (Å²) in [7, 11) is 1.35. The van der Waals surface area contributed by atoms with Crippen molar-refractivity contribution in [2.24, 2.45) is 5.92 Å². The summed E-state index contributed by atoms with van der Waals surface area (Å²) in [5.74, 6) is -1.04. The highest BCUT2D eigenvalue weighted by molar-refractivity contribution is 5.86. The number of hydrogen-bond donors (Lipinski definition) is 0. The smallest absolute Gasteiger partial charge is 0.374 e. The SMILES string of the molecule is COC(=O)[C@H]1CCCC[C@H]1OC(=O)c1ccco1. The van der Waals surface area contributed by atoms with Gasteiger partial charge in [0.2, 0.25) is 5.76 Å². The van der Waals surface area contributed by atoms with Gasteiger partial charge in [0.1, 0.15) is 6.10 Å². The number of rotatable bonds is 3. The van der Waals surface area contributed by atoms with Gasteiger partial charge < -0.3 is 13.9 Å². The molecule has 1 saturated carbocycles. The van der Waals surface area contributed by atoms with E-state index in [1.807, 2.05) is 0 Å². The van der Waals surface area contributed by atoms with Gasteiger partial charge in [-0.25, -0.2) is 4.79 Å². The Morgan fingerprint density at radius 1 is 1.33 bits per heavy atom. The normalized spacial score (nSPS) is 23.4. The van der Waals surface area contributed by atoms with Crippen molar-refractivity contribution in [3.05, 3.63) is 24.2 Å². The molecule has 1 aromatic rings. The van der Waals surface area contributed by atoms with Crippen molar-refractivity contribution in [1.29, 1.82) is 0 Å². The van der Waals surface area contributed by atoms with Crippen molar-refractivity contribution >= 4 is 11.9 Å². The van der Waals surface area contributed by atoms with Crippen LogP contribution in [0, 0.1) is 5.92 Å². The van der Waals surface area contributed by atoms with Gasteiger partial charge in [0.25, 0.3) is 0 Å². The fourth-order valence-corrected chi connectivity index (χ4v) is 2.25. The van der Waals surface area contributed by atoms with E-state index >= 15 is 0 Å². The number of carbonyl (C=O) groups is 2. The lowest BCUT2D eigenvalue weighted by atomic mass is 9.86. The van der Waals surface area contributed by atoms with Gasteiger partial charge in [-0.15, -0.1) is 0 Å². The Hall–Kier alpha value is -1.78. The van der Waals surface area contributed by atoms with Crippen LogP contribution in [0.2, 0.25) is 0 Å². The molecule has 0 aromatic carbocycles. The van der Waals surface area contributed by atoms with Crippen LogP contribution in [0.15, 0.2) is 22.8 Å². The highest BCUT2D eigenvalue weighted by atomic mass is 16.6. The minimum atomic E-state index is -0.527. The summed E-state index contributed by atoms with van der Waals surface area (Å²) < 4.78 is 15.0. The number of esters is 2. The molecule has 2 atom stereocenters. The minimum absolute atomic E-state index is 0.157. The van der Waals surface area contributed by atoms with E-state index < -0.39 is 12.1 Å². The largest absolute Gasteiger partial charge is 0.469 e. The third-order valence-corrected chi connectivity index (χ3v) is 3.19. The van der Waals surface area contributed by atoms with Crippen LogP contribution >= 0.6 is 0 Å². The monoisotopic (exact) mass is 252 g/mol. The molecule has 1 heterocycles. The molecular formula is C13H16O5. The second-order valence-electron chi connectivity index (χ2n) is 4.34. The average molecular weight is 252 g/mol. The highest BCUT2D eigenvalue weighted by Gasteiger charge is 2.35. The molecule has 0 saturated heterocycles. The van der Waals surface area contributed by atoms with E-state index in [4.69, 9.17) is 13.9 Å². The summed E-state index contributed by atoms with van der Waals surface area (Å²) in [6, 6.07) is 3.16. The number of ether oxygens (including phenoxy) is 2. The van der Waals surface area contributed by atoms with E-state index in [1.165, 1.54) is 19.4 Å². The lowest BCUT2D eigenvalue weighted by molar-refractivity contribution is -0.151. The van der Waals surface area contributed by atoms with Gasteiger partial charge in [0.05, 0.1) is 19.3 Å². The number of methoxy groups -OCH3 is 1. The second kappa shape index (κ2) is 5.71. The Morgan fingerprint density at radius 2 is 2.11 bits per heavy atom. The van der Waals surface area contributed by atoms with Crippen LogP contribution in [-0.4, -0.2) is 25.2 Å². The minimum Gasteiger partial charge on any atom is -0.469 e. The van der Waals surface area contributed by atoms with Crippen LogP contribution in [0.3, 0.4) is 0 Å². The molecule has 0 spiro atoms. The molecule has 2 rings (SSSR count). The summed E-state index contributed by atoms with van der Waals surface area (Å²) in [6.45, 7) is 0. The van der Waals surface area contributed by atoms with Crippen LogP contribution in [0.25, 0.3) is 0 Å². The molecular weight excluding hydrogens is 236 g/mol. The molecule has 1 aromatic heterocycles. The van der Waals surface area contributed by atoms with E-state index in [0.29, 0.717) is 12.8 Å². The standard InChI is InChI=1S/C13H16O5/c1-16-12(14)9-5-2-3-6-10(9)18-13(15)11-7-4-8-17-11/h4,7-10H,2-3,5-6H2,1H3/t9-,10+/m0/s1. The van der Waals surface area contributed by atoms with Crippen molar-refractivity contribution in [2.45, 2.75) is 31.8 Å². The van der Waals surface area contributed by atoms with Crippen LogP contribution in [-0.2, 0) is 14.3 Å². The van der Waals surface area contributed by atoms with Crippen LogP contribution in [0.5, 0.6) is 0 Å². The number of carbonyl (C=O) groups excluding carboxylic acids is 2. The van der Waals surface area contributed by atoms with Crippen LogP contribution in [0.4, 0.5) is 0 Å². The molecule has 0 N–H and O–H groups in total. The molecule has 0 aliphatic heterocycles. The zero-order valence-electron chi connectivity index (χ0n) is 10.3. The highest BCUT2D eigenvalue weighted by Crippen LogP contribution is 2.28. The molecule has 0 amide bonds. The van der Waals surface area contributed by atoms with Crippen LogP contribution in [0.1, 0.15) is 36.2 Å². The third kappa shape index (κ3) is 2.72.